The Labute approximate surface area is 72.1 Å². The molecule has 0 aliphatic heterocycles. The van der Waals surface area contributed by atoms with Crippen molar-refractivity contribution in [3.05, 3.63) is 11.6 Å². The van der Waals surface area contributed by atoms with Gasteiger partial charge in [0.25, 0.3) is 5.91 Å². The van der Waals surface area contributed by atoms with Gasteiger partial charge in [-0.1, -0.05) is 5.92 Å². The molecule has 0 atom stereocenters. The fraction of sp³-hybridized carbons (Fsp3) is 0.333. The Kier molecular flexibility index (Phi) is 3.78. The van der Waals surface area contributed by atoms with E-state index in [4.69, 9.17) is 6.42 Å². The number of carbonyl (C=O) groups excluding carboxylic acids is 2. The summed E-state index contributed by atoms with van der Waals surface area (Å²) < 4.78 is 0. The standard InChI is InChI=1S/C9H11NO2/c1-5-6-8(7(2)11)9(12)10(3)4/h1,6H,2-4H3/b8-6-. The van der Waals surface area contributed by atoms with Crippen molar-refractivity contribution < 1.29 is 9.59 Å². The van der Waals surface area contributed by atoms with Crippen LogP contribution in [0.15, 0.2) is 11.6 Å². The van der Waals surface area contributed by atoms with E-state index in [1.54, 1.807) is 14.1 Å². The highest BCUT2D eigenvalue weighted by atomic mass is 16.2. The molecule has 3 nitrogen and oxygen atoms in total. The molecule has 0 heterocycles. The molecule has 0 rings (SSSR count). The summed E-state index contributed by atoms with van der Waals surface area (Å²) in [6.45, 7) is 1.31. The third-order valence-corrected chi connectivity index (χ3v) is 1.24. The van der Waals surface area contributed by atoms with Gasteiger partial charge >= 0.3 is 0 Å². The first-order chi connectivity index (χ1) is 5.50. The van der Waals surface area contributed by atoms with E-state index < -0.39 is 0 Å². The van der Waals surface area contributed by atoms with Crippen molar-refractivity contribution in [1.29, 1.82) is 0 Å². The molecule has 3 heteroatoms. The molecular weight excluding hydrogens is 154 g/mol. The summed E-state index contributed by atoms with van der Waals surface area (Å²) in [6.07, 6.45) is 6.14. The number of terminal acetylenes is 1. The summed E-state index contributed by atoms with van der Waals surface area (Å²) in [7, 11) is 3.13. The van der Waals surface area contributed by atoms with E-state index in [-0.39, 0.29) is 17.3 Å². The van der Waals surface area contributed by atoms with Gasteiger partial charge in [-0.05, 0) is 6.92 Å². The second-order valence-corrected chi connectivity index (χ2v) is 2.48. The molecule has 0 unspecified atom stereocenters. The smallest absolute Gasteiger partial charge is 0.257 e. The van der Waals surface area contributed by atoms with Crippen LogP contribution in [0.2, 0.25) is 0 Å². The van der Waals surface area contributed by atoms with Crippen LogP contribution >= 0.6 is 0 Å². The van der Waals surface area contributed by atoms with Crippen molar-refractivity contribution >= 4 is 11.7 Å². The average molecular weight is 165 g/mol. The molecule has 12 heavy (non-hydrogen) atoms. The average Bonchev–Trinajstić information content (AvgIpc) is 1.98. The minimum Gasteiger partial charge on any atom is -0.345 e. The van der Waals surface area contributed by atoms with Crippen molar-refractivity contribution in [2.75, 3.05) is 14.1 Å². The first-order valence-electron chi connectivity index (χ1n) is 3.39. The molecule has 0 spiro atoms. The number of allylic oxidation sites excluding steroid dienone is 1. The number of rotatable bonds is 2. The summed E-state index contributed by atoms with van der Waals surface area (Å²) in [5.41, 5.74) is 0.0440. The van der Waals surface area contributed by atoms with Crippen LogP contribution in [-0.4, -0.2) is 30.7 Å². The third kappa shape index (κ3) is 2.59. The van der Waals surface area contributed by atoms with Gasteiger partial charge in [0.15, 0.2) is 5.78 Å². The van der Waals surface area contributed by atoms with Crippen LogP contribution in [0.25, 0.3) is 0 Å². The molecule has 0 aliphatic rings. The minimum absolute atomic E-state index is 0.0440. The van der Waals surface area contributed by atoms with Crippen LogP contribution in [0.5, 0.6) is 0 Å². The maximum Gasteiger partial charge on any atom is 0.257 e. The highest BCUT2D eigenvalue weighted by molar-refractivity contribution is 6.18. The van der Waals surface area contributed by atoms with Crippen LogP contribution in [0.3, 0.4) is 0 Å². The van der Waals surface area contributed by atoms with Gasteiger partial charge in [-0.15, -0.1) is 6.42 Å². The van der Waals surface area contributed by atoms with Crippen molar-refractivity contribution in [2.24, 2.45) is 0 Å². The van der Waals surface area contributed by atoms with Gasteiger partial charge in [0.05, 0.1) is 5.57 Å². The van der Waals surface area contributed by atoms with Gasteiger partial charge in [0, 0.05) is 20.2 Å². The number of ketones is 1. The lowest BCUT2D eigenvalue weighted by Gasteiger charge is -2.09. The molecule has 0 aromatic carbocycles. The predicted molar refractivity (Wildman–Crippen MR) is 46.3 cm³/mol. The van der Waals surface area contributed by atoms with Crippen LogP contribution in [-0.2, 0) is 9.59 Å². The predicted octanol–water partition coefficient (Wildman–Crippen LogP) is 0.223. The van der Waals surface area contributed by atoms with Crippen LogP contribution < -0.4 is 0 Å². The van der Waals surface area contributed by atoms with E-state index in [1.807, 2.05) is 0 Å². The van der Waals surface area contributed by atoms with Gasteiger partial charge in [-0.25, -0.2) is 0 Å². The number of amides is 1. The van der Waals surface area contributed by atoms with E-state index in [0.29, 0.717) is 0 Å². The fourth-order valence-corrected chi connectivity index (χ4v) is 0.638. The van der Waals surface area contributed by atoms with Gasteiger partial charge in [0.2, 0.25) is 0 Å². The lowest BCUT2D eigenvalue weighted by atomic mass is 10.1. The number of nitrogens with zero attached hydrogens (tertiary/aromatic N) is 1. The topological polar surface area (TPSA) is 37.4 Å². The van der Waals surface area contributed by atoms with Crippen LogP contribution in [0.1, 0.15) is 6.92 Å². The molecule has 0 aliphatic carbocycles. The van der Waals surface area contributed by atoms with Crippen molar-refractivity contribution in [1.82, 2.24) is 4.90 Å². The summed E-state index contributed by atoms with van der Waals surface area (Å²) in [6, 6.07) is 0. The van der Waals surface area contributed by atoms with Crippen molar-refractivity contribution in [3.63, 3.8) is 0 Å². The molecular formula is C9H11NO2. The zero-order chi connectivity index (χ0) is 9.72. The molecule has 0 bridgehead atoms. The number of hydrogen-bond donors (Lipinski definition) is 0. The molecule has 0 saturated heterocycles. The van der Waals surface area contributed by atoms with E-state index >= 15 is 0 Å². The zero-order valence-electron chi connectivity index (χ0n) is 7.42. The number of Topliss-reactive ketones (excluding diaryl/α,β-unsaturated/α-hetero) is 1. The number of likely N-dealkylation sites (N-methyl/N-ethyl adjacent to an activating group) is 1. The molecule has 0 fully saturated rings. The fourth-order valence-electron chi connectivity index (χ4n) is 0.638. The molecule has 0 N–H and O–H groups in total. The Morgan fingerprint density at radius 3 is 2.17 bits per heavy atom. The highest BCUT2D eigenvalue weighted by Crippen LogP contribution is 1.99. The third-order valence-electron chi connectivity index (χ3n) is 1.24. The second-order valence-electron chi connectivity index (χ2n) is 2.48. The normalized spacial score (nSPS) is 10.3. The lowest BCUT2D eigenvalue weighted by molar-refractivity contribution is -0.127. The Balaban J connectivity index is 4.80. The van der Waals surface area contributed by atoms with E-state index in [9.17, 15) is 9.59 Å². The summed E-state index contributed by atoms with van der Waals surface area (Å²) in [5.74, 6) is 1.48. The van der Waals surface area contributed by atoms with Crippen molar-refractivity contribution in [2.45, 2.75) is 6.92 Å². The summed E-state index contributed by atoms with van der Waals surface area (Å²) in [5, 5.41) is 0. The second kappa shape index (κ2) is 4.35. The largest absolute Gasteiger partial charge is 0.345 e. The molecule has 64 valence electrons. The van der Waals surface area contributed by atoms with Gasteiger partial charge in [0.1, 0.15) is 0 Å². The first-order valence-corrected chi connectivity index (χ1v) is 3.39. The summed E-state index contributed by atoms with van der Waals surface area (Å²) in [4.78, 5) is 23.4. The monoisotopic (exact) mass is 165 g/mol. The zero-order valence-corrected chi connectivity index (χ0v) is 7.42. The Bertz CT molecular complexity index is 269. The van der Waals surface area contributed by atoms with E-state index in [2.05, 4.69) is 5.92 Å². The molecule has 1 amide bonds. The maximum absolute atomic E-state index is 11.2. The maximum atomic E-state index is 11.2. The van der Waals surface area contributed by atoms with Gasteiger partial charge in [-0.3, -0.25) is 9.59 Å². The molecule has 0 radical (unpaired) electrons. The van der Waals surface area contributed by atoms with E-state index in [0.717, 1.165) is 0 Å². The Morgan fingerprint density at radius 1 is 1.42 bits per heavy atom. The highest BCUT2D eigenvalue weighted by Gasteiger charge is 2.14. The number of carbonyl (C=O) groups is 2. The SMILES string of the molecule is C#C/C=C(/C(C)=O)C(=O)N(C)C. The van der Waals surface area contributed by atoms with E-state index in [1.165, 1.54) is 17.9 Å². The lowest BCUT2D eigenvalue weighted by Crippen LogP contribution is -2.26. The first kappa shape index (κ1) is 10.4. The molecule has 0 aromatic rings. The van der Waals surface area contributed by atoms with Gasteiger partial charge < -0.3 is 4.90 Å². The van der Waals surface area contributed by atoms with Gasteiger partial charge in [-0.2, -0.15) is 0 Å². The van der Waals surface area contributed by atoms with Crippen molar-refractivity contribution in [3.8, 4) is 12.3 Å². The quantitative estimate of drug-likeness (QED) is 0.254. The molecule has 0 aromatic heterocycles. The van der Waals surface area contributed by atoms with Crippen LogP contribution in [0, 0.1) is 12.3 Å². The Morgan fingerprint density at radius 2 is 1.92 bits per heavy atom. The molecule has 0 saturated carbocycles. The van der Waals surface area contributed by atoms with Crippen LogP contribution in [0.4, 0.5) is 0 Å². The summed E-state index contributed by atoms with van der Waals surface area (Å²) >= 11 is 0. The Hall–Kier alpha value is -1.56. The minimum atomic E-state index is -0.361. The number of hydrogen-bond acceptors (Lipinski definition) is 2.